The van der Waals surface area contributed by atoms with Crippen molar-refractivity contribution in [3.05, 3.63) is 102 Å². The van der Waals surface area contributed by atoms with E-state index in [1.807, 2.05) is 61.6 Å². The highest BCUT2D eigenvalue weighted by Gasteiger charge is 2.39. The van der Waals surface area contributed by atoms with E-state index in [1.54, 1.807) is 24.2 Å². The van der Waals surface area contributed by atoms with E-state index < -0.39 is 6.04 Å². The Balaban J connectivity index is 1.83. The summed E-state index contributed by atoms with van der Waals surface area (Å²) in [6, 6.07) is 16.9. The van der Waals surface area contributed by atoms with E-state index in [2.05, 4.69) is 23.0 Å². The molecule has 1 atom stereocenters. The van der Waals surface area contributed by atoms with E-state index in [0.29, 0.717) is 17.9 Å². The zero-order valence-corrected chi connectivity index (χ0v) is 20.8. The van der Waals surface area contributed by atoms with Crippen molar-refractivity contribution in [1.82, 2.24) is 14.8 Å². The van der Waals surface area contributed by atoms with Gasteiger partial charge in [-0.05, 0) is 17.7 Å². The van der Waals surface area contributed by atoms with Gasteiger partial charge in [0.1, 0.15) is 11.8 Å². The van der Waals surface area contributed by atoms with Crippen LogP contribution in [0.4, 0.5) is 0 Å². The Morgan fingerprint density at radius 3 is 2.54 bits per heavy atom. The summed E-state index contributed by atoms with van der Waals surface area (Å²) in [6.45, 7) is 8.25. The van der Waals surface area contributed by atoms with Crippen LogP contribution in [0.2, 0.25) is 0 Å². The second-order valence-electron chi connectivity index (χ2n) is 8.21. The largest absolute Gasteiger partial charge is 0.496 e. The van der Waals surface area contributed by atoms with Crippen molar-refractivity contribution >= 4 is 34.5 Å². The highest BCUT2D eigenvalue weighted by Crippen LogP contribution is 2.42. The number of ether oxygens (including phenoxy) is 1. The van der Waals surface area contributed by atoms with Crippen molar-refractivity contribution in [3.8, 4) is 0 Å². The van der Waals surface area contributed by atoms with Crippen molar-refractivity contribution in [2.75, 3.05) is 19.4 Å². The SMILES string of the molecule is C=C/C(CN1C(=O)CSc2c(c3ccccc3n2C)C1C(=O)NCc1ccccc1)=C(\C=C)OC. The lowest BCUT2D eigenvalue weighted by molar-refractivity contribution is -0.138. The molecule has 0 radical (unpaired) electrons. The van der Waals surface area contributed by atoms with Crippen LogP contribution in [0.15, 0.2) is 96.3 Å². The summed E-state index contributed by atoms with van der Waals surface area (Å²) in [5.41, 5.74) is 3.53. The molecule has 2 amide bonds. The summed E-state index contributed by atoms with van der Waals surface area (Å²) in [5.74, 6) is 0.379. The number of nitrogens with one attached hydrogen (secondary N) is 1. The number of thioether (sulfide) groups is 1. The first kappa shape index (κ1) is 24.4. The minimum Gasteiger partial charge on any atom is -0.496 e. The van der Waals surface area contributed by atoms with Gasteiger partial charge in [0.05, 0.1) is 24.4 Å². The number of fused-ring (bicyclic) bond motifs is 3. The van der Waals surface area contributed by atoms with E-state index in [0.717, 1.165) is 27.1 Å². The predicted molar refractivity (Wildman–Crippen MR) is 141 cm³/mol. The van der Waals surface area contributed by atoms with Crippen molar-refractivity contribution in [2.45, 2.75) is 17.6 Å². The lowest BCUT2D eigenvalue weighted by Gasteiger charge is -2.30. The zero-order valence-electron chi connectivity index (χ0n) is 20.0. The molecule has 1 N–H and O–H groups in total. The lowest BCUT2D eigenvalue weighted by atomic mass is 10.0. The average molecular weight is 488 g/mol. The molecule has 35 heavy (non-hydrogen) atoms. The van der Waals surface area contributed by atoms with Crippen molar-refractivity contribution < 1.29 is 14.3 Å². The summed E-state index contributed by atoms with van der Waals surface area (Å²) >= 11 is 1.46. The molecule has 1 aliphatic heterocycles. The van der Waals surface area contributed by atoms with Crippen molar-refractivity contribution in [3.63, 3.8) is 0 Å². The quantitative estimate of drug-likeness (QED) is 0.368. The minimum atomic E-state index is -0.819. The summed E-state index contributed by atoms with van der Waals surface area (Å²) in [4.78, 5) is 28.9. The Labute approximate surface area is 209 Å². The Morgan fingerprint density at radius 1 is 1.14 bits per heavy atom. The third kappa shape index (κ3) is 4.77. The number of para-hydroxylation sites is 1. The fourth-order valence-electron chi connectivity index (χ4n) is 4.46. The van der Waals surface area contributed by atoms with Gasteiger partial charge in [-0.2, -0.15) is 0 Å². The van der Waals surface area contributed by atoms with E-state index >= 15 is 0 Å². The van der Waals surface area contributed by atoms with Crippen molar-refractivity contribution in [1.29, 1.82) is 0 Å². The number of nitrogens with zero attached hydrogens (tertiary/aromatic N) is 2. The number of allylic oxidation sites excluding steroid dienone is 1. The van der Waals surface area contributed by atoms with Gasteiger partial charge < -0.3 is 19.5 Å². The molecule has 1 aromatic heterocycles. The Kier molecular flexibility index (Phi) is 7.46. The molecule has 6 nitrogen and oxygen atoms in total. The first-order valence-corrected chi connectivity index (χ1v) is 12.3. The average Bonchev–Trinajstić information content (AvgIpc) is 3.07. The number of amides is 2. The molecule has 2 aromatic carbocycles. The monoisotopic (exact) mass is 487 g/mol. The number of rotatable bonds is 8. The number of benzene rings is 2. The van der Waals surface area contributed by atoms with Crippen LogP contribution in [0.25, 0.3) is 10.9 Å². The van der Waals surface area contributed by atoms with Gasteiger partial charge in [-0.1, -0.05) is 79.5 Å². The Morgan fingerprint density at radius 2 is 1.86 bits per heavy atom. The zero-order chi connectivity index (χ0) is 24.9. The molecule has 0 bridgehead atoms. The van der Waals surface area contributed by atoms with Gasteiger partial charge in [-0.25, -0.2) is 0 Å². The number of hydrogen-bond acceptors (Lipinski definition) is 4. The standard InChI is InChI=1S/C28H29N3O3S/c1-5-20(23(6-2)34-4)17-31-24(32)18-35-28-25(21-14-10-11-15-22(21)30(28)3)26(31)27(33)29-16-19-12-8-7-9-13-19/h5-15,26H,1-2,16-18H2,3-4H3,(H,29,33)/b23-20-. The number of methoxy groups -OCH3 is 1. The van der Waals surface area contributed by atoms with Crippen molar-refractivity contribution in [2.24, 2.45) is 7.05 Å². The molecule has 0 aliphatic carbocycles. The predicted octanol–water partition coefficient (Wildman–Crippen LogP) is 4.74. The molecular weight excluding hydrogens is 458 g/mol. The van der Waals surface area contributed by atoms with Gasteiger partial charge in [0.15, 0.2) is 0 Å². The van der Waals surface area contributed by atoms with Crippen LogP contribution < -0.4 is 5.32 Å². The first-order valence-electron chi connectivity index (χ1n) is 11.3. The van der Waals surface area contributed by atoms with E-state index in [9.17, 15) is 9.59 Å². The van der Waals surface area contributed by atoms with Gasteiger partial charge in [-0.15, -0.1) is 0 Å². The molecule has 0 saturated heterocycles. The number of hydrogen-bond donors (Lipinski definition) is 1. The topological polar surface area (TPSA) is 63.6 Å². The summed E-state index contributed by atoms with van der Waals surface area (Å²) in [6.07, 6.45) is 3.23. The lowest BCUT2D eigenvalue weighted by Crippen LogP contribution is -2.44. The Bertz CT molecular complexity index is 1310. The molecule has 1 aliphatic rings. The summed E-state index contributed by atoms with van der Waals surface area (Å²) < 4.78 is 7.52. The summed E-state index contributed by atoms with van der Waals surface area (Å²) in [7, 11) is 3.52. The van der Waals surface area contributed by atoms with Crippen LogP contribution in [0.3, 0.4) is 0 Å². The smallest absolute Gasteiger partial charge is 0.247 e. The molecule has 4 rings (SSSR count). The highest BCUT2D eigenvalue weighted by atomic mass is 32.2. The molecular formula is C28H29N3O3S. The third-order valence-electron chi connectivity index (χ3n) is 6.20. The molecule has 1 unspecified atom stereocenters. The fraction of sp³-hybridized carbons (Fsp3) is 0.214. The van der Waals surface area contributed by atoms with Crippen LogP contribution in [0.1, 0.15) is 17.2 Å². The number of aryl methyl sites for hydroxylation is 1. The maximum atomic E-state index is 13.9. The van der Waals surface area contributed by atoms with Gasteiger partial charge in [-0.3, -0.25) is 9.59 Å². The number of carbonyl (C=O) groups is 2. The second kappa shape index (κ2) is 10.7. The normalized spacial score (nSPS) is 16.2. The van der Waals surface area contributed by atoms with Gasteiger partial charge in [0.2, 0.25) is 11.8 Å². The van der Waals surface area contributed by atoms with E-state index in [-0.39, 0.29) is 24.1 Å². The third-order valence-corrected chi connectivity index (χ3v) is 7.35. The van der Waals surface area contributed by atoms with Crippen LogP contribution in [0.5, 0.6) is 0 Å². The molecule has 0 fully saturated rings. The highest BCUT2D eigenvalue weighted by molar-refractivity contribution is 8.00. The molecule has 7 heteroatoms. The fourth-order valence-corrected chi connectivity index (χ4v) is 5.55. The second-order valence-corrected chi connectivity index (χ2v) is 9.18. The Hall–Kier alpha value is -3.71. The molecule has 2 heterocycles. The maximum absolute atomic E-state index is 13.9. The van der Waals surface area contributed by atoms with E-state index in [1.165, 1.54) is 11.8 Å². The van der Waals surface area contributed by atoms with Crippen LogP contribution in [-0.2, 0) is 27.9 Å². The number of carbonyl (C=O) groups excluding carboxylic acids is 2. The minimum absolute atomic E-state index is 0.131. The van der Waals surface area contributed by atoms with E-state index in [4.69, 9.17) is 4.74 Å². The molecule has 3 aromatic rings. The molecule has 0 spiro atoms. The molecule has 0 saturated carbocycles. The molecule has 180 valence electrons. The summed E-state index contributed by atoms with van der Waals surface area (Å²) in [5, 5.41) is 4.94. The maximum Gasteiger partial charge on any atom is 0.247 e. The number of aromatic nitrogens is 1. The van der Waals surface area contributed by atoms with Gasteiger partial charge in [0.25, 0.3) is 0 Å². The van der Waals surface area contributed by atoms with Gasteiger partial charge in [0, 0.05) is 35.6 Å². The van der Waals surface area contributed by atoms with Crippen LogP contribution in [-0.4, -0.2) is 40.7 Å². The van der Waals surface area contributed by atoms with Crippen LogP contribution >= 0.6 is 11.8 Å². The van der Waals surface area contributed by atoms with Gasteiger partial charge >= 0.3 is 0 Å². The first-order chi connectivity index (χ1) is 17.0. The van der Waals surface area contributed by atoms with Crippen LogP contribution in [0, 0.1) is 0 Å².